The number of rotatable bonds is 5. The fraction of sp³-hybridized carbons (Fsp3) is 0.933. The summed E-state index contributed by atoms with van der Waals surface area (Å²) in [5.74, 6) is 3.85. The summed E-state index contributed by atoms with van der Waals surface area (Å²) in [6.45, 7) is 5.55. The van der Waals surface area contributed by atoms with Crippen LogP contribution in [0.1, 0.15) is 52.4 Å². The number of hydrogen-bond donors (Lipinski definition) is 0. The molecule has 98 valence electrons. The fourth-order valence-corrected chi connectivity index (χ4v) is 3.95. The molecule has 0 radical (unpaired) electrons. The van der Waals surface area contributed by atoms with Crippen LogP contribution in [0.4, 0.5) is 0 Å². The second-order valence-corrected chi connectivity index (χ2v) is 6.23. The number of unbranched alkanes of at least 4 members (excludes halogenated alkanes) is 1. The summed E-state index contributed by atoms with van der Waals surface area (Å²) in [5.41, 5.74) is 0. The van der Waals surface area contributed by atoms with Crippen molar-refractivity contribution in [3.63, 3.8) is 0 Å². The molecule has 0 aromatic carbocycles. The SMILES string of the molecule is CCCCC(=O)N(C)CC1C2CCC(C2)C1C. The lowest BCUT2D eigenvalue weighted by molar-refractivity contribution is -0.131. The molecule has 2 fully saturated rings. The summed E-state index contributed by atoms with van der Waals surface area (Å²) in [6.07, 6.45) is 7.18. The van der Waals surface area contributed by atoms with Gasteiger partial charge in [-0.3, -0.25) is 4.79 Å². The third kappa shape index (κ3) is 2.66. The van der Waals surface area contributed by atoms with Crippen LogP contribution < -0.4 is 0 Å². The van der Waals surface area contributed by atoms with Gasteiger partial charge in [-0.1, -0.05) is 20.3 Å². The molecule has 0 saturated heterocycles. The molecule has 0 aliphatic heterocycles. The average Bonchev–Trinajstić information content (AvgIpc) is 2.89. The number of hydrogen-bond acceptors (Lipinski definition) is 1. The van der Waals surface area contributed by atoms with Crippen molar-refractivity contribution >= 4 is 5.91 Å². The van der Waals surface area contributed by atoms with Crippen molar-refractivity contribution in [1.82, 2.24) is 4.90 Å². The Balaban J connectivity index is 1.82. The first-order valence-corrected chi connectivity index (χ1v) is 7.37. The molecule has 2 nitrogen and oxygen atoms in total. The first kappa shape index (κ1) is 12.9. The summed E-state index contributed by atoms with van der Waals surface area (Å²) >= 11 is 0. The maximum absolute atomic E-state index is 11.9. The van der Waals surface area contributed by atoms with Crippen LogP contribution in [0.25, 0.3) is 0 Å². The molecule has 2 aliphatic carbocycles. The zero-order chi connectivity index (χ0) is 12.4. The van der Waals surface area contributed by atoms with Crippen molar-refractivity contribution in [2.45, 2.75) is 52.4 Å². The monoisotopic (exact) mass is 237 g/mol. The van der Waals surface area contributed by atoms with Gasteiger partial charge in [-0.2, -0.15) is 0 Å². The van der Waals surface area contributed by atoms with Gasteiger partial charge in [0.25, 0.3) is 0 Å². The Morgan fingerprint density at radius 3 is 2.59 bits per heavy atom. The predicted molar refractivity (Wildman–Crippen MR) is 70.6 cm³/mol. The highest BCUT2D eigenvalue weighted by Gasteiger charge is 2.45. The van der Waals surface area contributed by atoms with Gasteiger partial charge in [-0.25, -0.2) is 0 Å². The zero-order valence-electron chi connectivity index (χ0n) is 11.6. The summed E-state index contributed by atoms with van der Waals surface area (Å²) in [4.78, 5) is 13.9. The second-order valence-electron chi connectivity index (χ2n) is 6.23. The molecule has 4 unspecified atom stereocenters. The lowest BCUT2D eigenvalue weighted by atomic mass is 9.80. The van der Waals surface area contributed by atoms with Gasteiger partial charge in [0.2, 0.25) is 5.91 Å². The molecule has 2 aliphatic rings. The number of carbonyl (C=O) groups excluding carboxylic acids is 1. The smallest absolute Gasteiger partial charge is 0.222 e. The quantitative estimate of drug-likeness (QED) is 0.718. The molecule has 2 rings (SSSR count). The third-order valence-electron chi connectivity index (χ3n) is 5.19. The van der Waals surface area contributed by atoms with Gasteiger partial charge >= 0.3 is 0 Å². The van der Waals surface area contributed by atoms with Crippen molar-refractivity contribution < 1.29 is 4.79 Å². The van der Waals surface area contributed by atoms with Crippen LogP contribution in [-0.2, 0) is 4.79 Å². The van der Waals surface area contributed by atoms with Crippen LogP contribution in [0.15, 0.2) is 0 Å². The minimum absolute atomic E-state index is 0.349. The van der Waals surface area contributed by atoms with E-state index in [-0.39, 0.29) is 0 Å². The lowest BCUT2D eigenvalue weighted by Gasteiger charge is -2.32. The van der Waals surface area contributed by atoms with Gasteiger partial charge in [0.1, 0.15) is 0 Å². The first-order chi connectivity index (χ1) is 8.13. The molecular formula is C15H27NO. The van der Waals surface area contributed by atoms with Gasteiger partial charge in [-0.15, -0.1) is 0 Å². The predicted octanol–water partition coefficient (Wildman–Crippen LogP) is 3.32. The lowest BCUT2D eigenvalue weighted by Crippen LogP contribution is -2.36. The van der Waals surface area contributed by atoms with Crippen LogP contribution in [0, 0.1) is 23.7 Å². The molecule has 2 bridgehead atoms. The minimum Gasteiger partial charge on any atom is -0.345 e. The van der Waals surface area contributed by atoms with Gasteiger partial charge in [0.15, 0.2) is 0 Å². The van der Waals surface area contributed by atoms with Gasteiger partial charge in [0, 0.05) is 20.0 Å². The molecule has 0 spiro atoms. The van der Waals surface area contributed by atoms with Crippen LogP contribution >= 0.6 is 0 Å². The molecule has 4 atom stereocenters. The Labute approximate surface area is 106 Å². The Morgan fingerprint density at radius 1 is 1.29 bits per heavy atom. The van der Waals surface area contributed by atoms with Crippen molar-refractivity contribution in [2.75, 3.05) is 13.6 Å². The third-order valence-corrected chi connectivity index (χ3v) is 5.19. The Morgan fingerprint density at radius 2 is 2.00 bits per heavy atom. The fourth-order valence-electron chi connectivity index (χ4n) is 3.95. The normalized spacial score (nSPS) is 35.2. The number of carbonyl (C=O) groups is 1. The molecule has 0 heterocycles. The van der Waals surface area contributed by atoms with Gasteiger partial charge in [-0.05, 0) is 49.4 Å². The van der Waals surface area contributed by atoms with E-state index in [0.717, 1.165) is 49.5 Å². The highest BCUT2D eigenvalue weighted by atomic mass is 16.2. The van der Waals surface area contributed by atoms with E-state index in [9.17, 15) is 4.79 Å². The Hall–Kier alpha value is -0.530. The summed E-state index contributed by atoms with van der Waals surface area (Å²) < 4.78 is 0. The molecule has 0 N–H and O–H groups in total. The highest BCUT2D eigenvalue weighted by Crippen LogP contribution is 2.52. The van der Waals surface area contributed by atoms with Gasteiger partial charge in [0.05, 0.1) is 0 Å². The standard InChI is InChI=1S/C15H27NO/c1-4-5-6-15(17)16(3)10-14-11(2)12-7-8-13(14)9-12/h11-14H,4-10H2,1-3H3. The molecule has 0 aromatic heterocycles. The van der Waals surface area contributed by atoms with E-state index in [1.54, 1.807) is 0 Å². The van der Waals surface area contributed by atoms with Crippen molar-refractivity contribution in [2.24, 2.45) is 23.7 Å². The molecular weight excluding hydrogens is 210 g/mol. The molecule has 17 heavy (non-hydrogen) atoms. The largest absolute Gasteiger partial charge is 0.345 e. The van der Waals surface area contributed by atoms with E-state index in [1.807, 2.05) is 11.9 Å². The Kier molecular flexibility index (Phi) is 4.11. The van der Waals surface area contributed by atoms with Crippen molar-refractivity contribution in [1.29, 1.82) is 0 Å². The van der Waals surface area contributed by atoms with Crippen molar-refractivity contribution in [3.05, 3.63) is 0 Å². The second kappa shape index (κ2) is 5.41. The number of nitrogens with zero attached hydrogens (tertiary/aromatic N) is 1. The summed E-state index contributed by atoms with van der Waals surface area (Å²) in [6, 6.07) is 0. The van der Waals surface area contributed by atoms with Crippen LogP contribution in [0.3, 0.4) is 0 Å². The van der Waals surface area contributed by atoms with E-state index in [2.05, 4.69) is 13.8 Å². The van der Waals surface area contributed by atoms with Crippen LogP contribution in [0.2, 0.25) is 0 Å². The number of amides is 1. The zero-order valence-corrected chi connectivity index (χ0v) is 11.6. The first-order valence-electron chi connectivity index (χ1n) is 7.37. The van der Waals surface area contributed by atoms with Crippen LogP contribution in [0.5, 0.6) is 0 Å². The van der Waals surface area contributed by atoms with E-state index >= 15 is 0 Å². The molecule has 1 amide bonds. The van der Waals surface area contributed by atoms with E-state index in [0.29, 0.717) is 5.91 Å². The maximum Gasteiger partial charge on any atom is 0.222 e. The molecule has 2 heteroatoms. The van der Waals surface area contributed by atoms with E-state index in [1.165, 1.54) is 19.3 Å². The van der Waals surface area contributed by atoms with Crippen molar-refractivity contribution in [3.8, 4) is 0 Å². The maximum atomic E-state index is 11.9. The van der Waals surface area contributed by atoms with Crippen LogP contribution in [-0.4, -0.2) is 24.4 Å². The molecule has 2 saturated carbocycles. The van der Waals surface area contributed by atoms with E-state index < -0.39 is 0 Å². The summed E-state index contributed by atoms with van der Waals surface area (Å²) in [7, 11) is 2.00. The van der Waals surface area contributed by atoms with E-state index in [4.69, 9.17) is 0 Å². The Bertz CT molecular complexity index is 274. The summed E-state index contributed by atoms with van der Waals surface area (Å²) in [5, 5.41) is 0. The molecule has 0 aromatic rings. The van der Waals surface area contributed by atoms with Gasteiger partial charge < -0.3 is 4.90 Å². The topological polar surface area (TPSA) is 20.3 Å². The highest BCUT2D eigenvalue weighted by molar-refractivity contribution is 5.75. The average molecular weight is 237 g/mol. The number of fused-ring (bicyclic) bond motifs is 2. The minimum atomic E-state index is 0.349.